The van der Waals surface area contributed by atoms with E-state index in [1.807, 2.05) is 0 Å². The molecule has 0 spiro atoms. The normalized spacial score (nSPS) is 14.6. The van der Waals surface area contributed by atoms with Gasteiger partial charge in [0.2, 0.25) is 0 Å². The molecule has 0 radical (unpaired) electrons. The van der Waals surface area contributed by atoms with Crippen LogP contribution in [-0.4, -0.2) is 22.8 Å². The second-order valence-electron chi connectivity index (χ2n) is 3.89. The van der Waals surface area contributed by atoms with E-state index in [0.29, 0.717) is 0 Å². The van der Waals surface area contributed by atoms with Crippen LogP contribution in [0.4, 0.5) is 0 Å². The van der Waals surface area contributed by atoms with Gasteiger partial charge in [-0.15, -0.1) is 0 Å². The fourth-order valence-electron chi connectivity index (χ4n) is 0.455. The van der Waals surface area contributed by atoms with E-state index in [1.54, 1.807) is 34.6 Å². The first kappa shape index (κ1) is 11.4. The summed E-state index contributed by atoms with van der Waals surface area (Å²) in [5, 5.41) is 9.44. The minimum atomic E-state index is -0.968. The zero-order chi connectivity index (χ0) is 9.94. The molecule has 1 N–H and O–H groups in total. The summed E-state index contributed by atoms with van der Waals surface area (Å²) in [5.74, 6) is -0.417. The fraction of sp³-hybridized carbons (Fsp3) is 0.889. The fourth-order valence-corrected chi connectivity index (χ4v) is 0.455. The number of carbonyl (C=O) groups excluding carboxylic acids is 1. The van der Waals surface area contributed by atoms with Crippen LogP contribution >= 0.6 is 0 Å². The lowest BCUT2D eigenvalue weighted by Crippen LogP contribution is -2.38. The Morgan fingerprint density at radius 3 is 2.00 bits per heavy atom. The number of esters is 1. The number of carbonyl (C=O) groups is 1. The summed E-state index contributed by atoms with van der Waals surface area (Å²) in [7, 11) is 0. The Morgan fingerprint density at radius 2 is 1.75 bits per heavy atom. The zero-order valence-corrected chi connectivity index (χ0v) is 8.42. The molecule has 72 valence electrons. The minimum absolute atomic E-state index is 0.144. The minimum Gasteiger partial charge on any atom is -0.459 e. The van der Waals surface area contributed by atoms with Crippen molar-refractivity contribution < 1.29 is 14.6 Å². The first-order valence-electron chi connectivity index (χ1n) is 4.18. The molecule has 1 unspecified atom stereocenters. The quantitative estimate of drug-likeness (QED) is 0.657. The van der Waals surface area contributed by atoms with Crippen LogP contribution in [0.25, 0.3) is 0 Å². The number of aliphatic hydroxyl groups is 1. The Kier molecular flexibility index (Phi) is 3.71. The number of hydrogen-bond acceptors (Lipinski definition) is 3. The molecular formula is C9H18O3. The summed E-state index contributed by atoms with van der Waals surface area (Å²) in [6, 6.07) is 0. The smallest absolute Gasteiger partial charge is 0.308 e. The van der Waals surface area contributed by atoms with E-state index in [-0.39, 0.29) is 11.9 Å². The van der Waals surface area contributed by atoms with Crippen LogP contribution in [0.1, 0.15) is 34.6 Å². The van der Waals surface area contributed by atoms with Crippen molar-refractivity contribution in [1.82, 2.24) is 0 Å². The van der Waals surface area contributed by atoms with E-state index in [0.717, 1.165) is 0 Å². The van der Waals surface area contributed by atoms with Gasteiger partial charge in [0, 0.05) is 0 Å². The average molecular weight is 174 g/mol. The van der Waals surface area contributed by atoms with E-state index in [9.17, 15) is 9.90 Å². The maximum atomic E-state index is 11.1. The van der Waals surface area contributed by atoms with Gasteiger partial charge in [0.25, 0.3) is 0 Å². The van der Waals surface area contributed by atoms with Crippen molar-refractivity contribution in [3.8, 4) is 0 Å². The predicted octanol–water partition coefficient (Wildman–Crippen LogP) is 1.34. The maximum absolute atomic E-state index is 11.1. The third-order valence-electron chi connectivity index (χ3n) is 1.76. The molecular weight excluding hydrogens is 156 g/mol. The molecule has 0 saturated heterocycles. The van der Waals surface area contributed by atoms with E-state index in [1.165, 1.54) is 0 Å². The van der Waals surface area contributed by atoms with Gasteiger partial charge in [-0.2, -0.15) is 0 Å². The number of rotatable bonds is 3. The van der Waals surface area contributed by atoms with E-state index in [4.69, 9.17) is 4.74 Å². The molecule has 12 heavy (non-hydrogen) atoms. The van der Waals surface area contributed by atoms with Crippen molar-refractivity contribution in [2.45, 2.75) is 46.3 Å². The number of ether oxygens (including phenoxy) is 1. The summed E-state index contributed by atoms with van der Waals surface area (Å²) in [6.07, 6.45) is -0.465. The molecule has 1 atom stereocenters. The lowest BCUT2D eigenvalue weighted by molar-refractivity contribution is -0.163. The molecule has 0 amide bonds. The molecule has 0 aromatic rings. The monoisotopic (exact) mass is 174 g/mol. The van der Waals surface area contributed by atoms with Crippen molar-refractivity contribution in [3.63, 3.8) is 0 Å². The molecule has 0 fully saturated rings. The molecule has 0 saturated carbocycles. The standard InChI is InChI=1S/C9H18O3/c1-6(2)8(10)12-7(3)9(4,5)11/h6-7,11H,1-5H3. The summed E-state index contributed by atoms with van der Waals surface area (Å²) in [6.45, 7) is 8.44. The Hall–Kier alpha value is -0.570. The van der Waals surface area contributed by atoms with Gasteiger partial charge >= 0.3 is 5.97 Å². The SMILES string of the molecule is CC(C)C(=O)OC(C)C(C)(C)O. The first-order chi connectivity index (χ1) is 5.25. The van der Waals surface area contributed by atoms with Gasteiger partial charge in [0.1, 0.15) is 6.10 Å². The van der Waals surface area contributed by atoms with Gasteiger partial charge in [0.15, 0.2) is 0 Å². The summed E-state index contributed by atoms with van der Waals surface area (Å²) in [4.78, 5) is 11.1. The predicted molar refractivity (Wildman–Crippen MR) is 46.7 cm³/mol. The topological polar surface area (TPSA) is 46.5 Å². The average Bonchev–Trinajstić information content (AvgIpc) is 1.85. The van der Waals surface area contributed by atoms with Crippen molar-refractivity contribution in [1.29, 1.82) is 0 Å². The Labute approximate surface area is 73.7 Å². The highest BCUT2D eigenvalue weighted by atomic mass is 16.6. The highest BCUT2D eigenvalue weighted by Crippen LogP contribution is 2.13. The van der Waals surface area contributed by atoms with Crippen LogP contribution < -0.4 is 0 Å². The van der Waals surface area contributed by atoms with Crippen molar-refractivity contribution in [2.75, 3.05) is 0 Å². The van der Waals surface area contributed by atoms with Crippen molar-refractivity contribution in [3.05, 3.63) is 0 Å². The van der Waals surface area contributed by atoms with Gasteiger partial charge in [-0.05, 0) is 20.8 Å². The molecule has 3 nitrogen and oxygen atoms in total. The highest BCUT2D eigenvalue weighted by molar-refractivity contribution is 5.71. The van der Waals surface area contributed by atoms with Crippen LogP contribution in [0.3, 0.4) is 0 Å². The van der Waals surface area contributed by atoms with Gasteiger partial charge in [-0.1, -0.05) is 13.8 Å². The number of hydrogen-bond donors (Lipinski definition) is 1. The largest absolute Gasteiger partial charge is 0.459 e. The maximum Gasteiger partial charge on any atom is 0.308 e. The van der Waals surface area contributed by atoms with E-state index < -0.39 is 11.7 Å². The van der Waals surface area contributed by atoms with E-state index >= 15 is 0 Å². The molecule has 0 heterocycles. The molecule has 0 aliphatic heterocycles. The zero-order valence-electron chi connectivity index (χ0n) is 8.42. The molecule has 0 bridgehead atoms. The summed E-state index contributed by atoms with van der Waals surface area (Å²) >= 11 is 0. The Bertz CT molecular complexity index is 156. The molecule has 0 aliphatic carbocycles. The Balaban J connectivity index is 4.02. The van der Waals surface area contributed by atoms with Crippen molar-refractivity contribution >= 4 is 5.97 Å². The Morgan fingerprint density at radius 1 is 1.33 bits per heavy atom. The second-order valence-corrected chi connectivity index (χ2v) is 3.89. The van der Waals surface area contributed by atoms with Crippen LogP contribution in [0, 0.1) is 5.92 Å². The summed E-state index contributed by atoms with van der Waals surface area (Å²) < 4.78 is 4.99. The lowest BCUT2D eigenvalue weighted by Gasteiger charge is -2.26. The van der Waals surface area contributed by atoms with Gasteiger partial charge in [-0.25, -0.2) is 0 Å². The van der Waals surface area contributed by atoms with Crippen LogP contribution in [0.15, 0.2) is 0 Å². The highest BCUT2D eigenvalue weighted by Gasteiger charge is 2.26. The lowest BCUT2D eigenvalue weighted by atomic mass is 10.0. The summed E-state index contributed by atoms with van der Waals surface area (Å²) in [5.41, 5.74) is -0.968. The van der Waals surface area contributed by atoms with Gasteiger partial charge in [-0.3, -0.25) is 4.79 Å². The molecule has 3 heteroatoms. The molecule has 0 aliphatic rings. The van der Waals surface area contributed by atoms with Crippen LogP contribution in [0.2, 0.25) is 0 Å². The van der Waals surface area contributed by atoms with E-state index in [2.05, 4.69) is 0 Å². The van der Waals surface area contributed by atoms with Crippen LogP contribution in [-0.2, 0) is 9.53 Å². The second kappa shape index (κ2) is 3.90. The molecule has 0 rings (SSSR count). The van der Waals surface area contributed by atoms with Gasteiger partial charge < -0.3 is 9.84 Å². The molecule has 0 aromatic carbocycles. The van der Waals surface area contributed by atoms with Crippen LogP contribution in [0.5, 0.6) is 0 Å². The third-order valence-corrected chi connectivity index (χ3v) is 1.76. The van der Waals surface area contributed by atoms with Gasteiger partial charge in [0.05, 0.1) is 11.5 Å². The first-order valence-corrected chi connectivity index (χ1v) is 4.18. The third kappa shape index (κ3) is 3.72. The molecule has 0 aromatic heterocycles. The van der Waals surface area contributed by atoms with Crippen molar-refractivity contribution in [2.24, 2.45) is 5.92 Å².